The van der Waals surface area contributed by atoms with Crippen LogP contribution in [0.4, 0.5) is 8.78 Å². The molecule has 1 amide bonds. The molecule has 0 bridgehead atoms. The maximum Gasteiger partial charge on any atom is 0.224 e. The second-order valence-electron chi connectivity index (χ2n) is 8.22. The monoisotopic (exact) mass is 466 g/mol. The van der Waals surface area contributed by atoms with Gasteiger partial charge in [0.1, 0.15) is 24.0 Å². The van der Waals surface area contributed by atoms with Crippen LogP contribution >= 0.6 is 0 Å². The third kappa shape index (κ3) is 6.82. The first kappa shape index (κ1) is 23.8. The summed E-state index contributed by atoms with van der Waals surface area (Å²) in [7, 11) is 0. The van der Waals surface area contributed by atoms with E-state index in [4.69, 9.17) is 4.74 Å². The molecule has 1 aliphatic heterocycles. The van der Waals surface area contributed by atoms with Gasteiger partial charge in [0.2, 0.25) is 5.91 Å². The predicted molar refractivity (Wildman–Crippen MR) is 126 cm³/mol. The van der Waals surface area contributed by atoms with Gasteiger partial charge in [0.15, 0.2) is 0 Å². The lowest BCUT2D eigenvalue weighted by molar-refractivity contribution is -0.120. The summed E-state index contributed by atoms with van der Waals surface area (Å²) >= 11 is 0. The summed E-state index contributed by atoms with van der Waals surface area (Å²) in [5.41, 5.74) is 2.24. The molecule has 178 valence electrons. The smallest absolute Gasteiger partial charge is 0.224 e. The Labute approximate surface area is 198 Å². The van der Waals surface area contributed by atoms with Crippen molar-refractivity contribution < 1.29 is 18.3 Å². The van der Waals surface area contributed by atoms with E-state index in [1.165, 1.54) is 18.2 Å². The van der Waals surface area contributed by atoms with Crippen LogP contribution in [-0.4, -0.2) is 55.1 Å². The highest BCUT2D eigenvalue weighted by Crippen LogP contribution is 2.25. The van der Waals surface area contributed by atoms with Crippen molar-refractivity contribution in [2.24, 2.45) is 0 Å². The molecule has 6 nitrogen and oxygen atoms in total. The van der Waals surface area contributed by atoms with Gasteiger partial charge in [-0.05, 0) is 41.5 Å². The average molecular weight is 467 g/mol. The van der Waals surface area contributed by atoms with Gasteiger partial charge in [0.05, 0.1) is 12.1 Å². The second kappa shape index (κ2) is 11.7. The van der Waals surface area contributed by atoms with Gasteiger partial charge in [-0.15, -0.1) is 0 Å². The van der Waals surface area contributed by atoms with Gasteiger partial charge in [0.25, 0.3) is 0 Å². The van der Waals surface area contributed by atoms with Gasteiger partial charge in [0, 0.05) is 57.1 Å². The molecule has 0 radical (unpaired) electrons. The van der Waals surface area contributed by atoms with Crippen molar-refractivity contribution in [1.29, 1.82) is 0 Å². The Morgan fingerprint density at radius 3 is 2.65 bits per heavy atom. The maximum absolute atomic E-state index is 14.7. The third-order valence-electron chi connectivity index (χ3n) is 5.67. The van der Waals surface area contributed by atoms with Gasteiger partial charge < -0.3 is 15.4 Å². The number of rotatable bonds is 9. The second-order valence-corrected chi connectivity index (χ2v) is 8.22. The first-order chi connectivity index (χ1) is 16.6. The fraction of sp³-hybridized carbons (Fsp3) is 0.308. The van der Waals surface area contributed by atoms with Crippen molar-refractivity contribution in [3.05, 3.63) is 83.6 Å². The number of benzene rings is 2. The number of piperazine rings is 1. The van der Waals surface area contributed by atoms with E-state index in [1.807, 2.05) is 0 Å². The summed E-state index contributed by atoms with van der Waals surface area (Å²) in [5.74, 6) is -0.461. The van der Waals surface area contributed by atoms with Gasteiger partial charge in [-0.25, -0.2) is 8.78 Å². The summed E-state index contributed by atoms with van der Waals surface area (Å²) in [6.45, 7) is 5.51. The Morgan fingerprint density at radius 2 is 1.91 bits per heavy atom. The third-order valence-corrected chi connectivity index (χ3v) is 5.67. The van der Waals surface area contributed by atoms with E-state index in [1.54, 1.807) is 42.6 Å². The highest BCUT2D eigenvalue weighted by Gasteiger charge is 2.12. The van der Waals surface area contributed by atoms with Crippen LogP contribution < -0.4 is 15.4 Å². The molecule has 2 N–H and O–H groups in total. The zero-order valence-electron chi connectivity index (χ0n) is 18.9. The minimum Gasteiger partial charge on any atom is -0.492 e. The number of carbonyl (C=O) groups excluding carboxylic acids is 1. The molecule has 0 aliphatic carbocycles. The van der Waals surface area contributed by atoms with Gasteiger partial charge in [-0.1, -0.05) is 18.2 Å². The first-order valence-electron chi connectivity index (χ1n) is 11.4. The number of ether oxygens (including phenoxy) is 1. The minimum atomic E-state index is -0.409. The predicted octanol–water partition coefficient (Wildman–Crippen LogP) is 3.17. The molecule has 0 spiro atoms. The van der Waals surface area contributed by atoms with Gasteiger partial charge >= 0.3 is 0 Å². The number of nitrogens with zero attached hydrogens (tertiary/aromatic N) is 2. The number of pyridine rings is 1. The fourth-order valence-corrected chi connectivity index (χ4v) is 3.80. The van der Waals surface area contributed by atoms with Crippen LogP contribution in [0.25, 0.3) is 11.3 Å². The van der Waals surface area contributed by atoms with E-state index in [0.717, 1.165) is 32.7 Å². The maximum atomic E-state index is 14.7. The van der Waals surface area contributed by atoms with Crippen molar-refractivity contribution >= 4 is 5.91 Å². The summed E-state index contributed by atoms with van der Waals surface area (Å²) in [6.07, 6.45) is 1.69. The minimum absolute atomic E-state index is 0.130. The summed E-state index contributed by atoms with van der Waals surface area (Å²) < 4.78 is 33.6. The van der Waals surface area contributed by atoms with Crippen molar-refractivity contribution in [1.82, 2.24) is 20.5 Å². The number of nitrogens with one attached hydrogen (secondary N) is 2. The lowest BCUT2D eigenvalue weighted by Crippen LogP contribution is -2.44. The number of amides is 1. The normalized spacial score (nSPS) is 14.1. The Hall–Kier alpha value is -3.36. The van der Waals surface area contributed by atoms with Crippen LogP contribution in [0.3, 0.4) is 0 Å². The molecule has 34 heavy (non-hydrogen) atoms. The number of hydrogen-bond donors (Lipinski definition) is 2. The molecule has 1 fully saturated rings. The lowest BCUT2D eigenvalue weighted by Gasteiger charge is -2.26. The Morgan fingerprint density at radius 1 is 1.06 bits per heavy atom. The Balaban J connectivity index is 1.28. The number of aromatic nitrogens is 1. The first-order valence-corrected chi connectivity index (χ1v) is 11.4. The van der Waals surface area contributed by atoms with Gasteiger partial charge in [-0.2, -0.15) is 0 Å². The quantitative estimate of drug-likeness (QED) is 0.507. The molecule has 2 heterocycles. The molecular weight excluding hydrogens is 438 g/mol. The largest absolute Gasteiger partial charge is 0.492 e. The highest BCUT2D eigenvalue weighted by atomic mass is 19.1. The standard InChI is InChI=1S/C26H28F2N4O2/c27-21-3-1-2-19(14-21)18-31-26(33)15-20-4-7-25(30-17-20)23-6-5-22(16-24(23)28)34-13-12-32-10-8-29-9-11-32/h1-7,14,16-17,29H,8-13,15,18H2,(H,31,33). The molecule has 3 aromatic rings. The van der Waals surface area contributed by atoms with Crippen molar-refractivity contribution in [3.8, 4) is 17.0 Å². The zero-order chi connectivity index (χ0) is 23.8. The van der Waals surface area contributed by atoms with E-state index >= 15 is 0 Å². The van der Waals surface area contributed by atoms with E-state index < -0.39 is 5.82 Å². The van der Waals surface area contributed by atoms with Crippen LogP contribution in [0.1, 0.15) is 11.1 Å². The number of hydrogen-bond acceptors (Lipinski definition) is 5. The van der Waals surface area contributed by atoms with Crippen LogP contribution in [0.5, 0.6) is 5.75 Å². The Kier molecular flexibility index (Phi) is 8.17. The fourth-order valence-electron chi connectivity index (χ4n) is 3.80. The average Bonchev–Trinajstić information content (AvgIpc) is 2.84. The van der Waals surface area contributed by atoms with Gasteiger partial charge in [-0.3, -0.25) is 14.7 Å². The van der Waals surface area contributed by atoms with E-state index in [-0.39, 0.29) is 24.7 Å². The molecule has 2 aromatic carbocycles. The lowest BCUT2D eigenvalue weighted by atomic mass is 10.1. The van der Waals surface area contributed by atoms with Crippen molar-refractivity contribution in [2.45, 2.75) is 13.0 Å². The molecule has 0 atom stereocenters. The topological polar surface area (TPSA) is 66.5 Å². The number of carbonyl (C=O) groups is 1. The summed E-state index contributed by atoms with van der Waals surface area (Å²) in [5, 5.41) is 6.07. The molecule has 4 rings (SSSR count). The van der Waals surface area contributed by atoms with E-state index in [0.29, 0.717) is 34.7 Å². The van der Waals surface area contributed by atoms with Crippen LogP contribution in [0.15, 0.2) is 60.8 Å². The van der Waals surface area contributed by atoms with Crippen LogP contribution in [0, 0.1) is 11.6 Å². The molecular formula is C26H28F2N4O2. The van der Waals surface area contributed by atoms with Crippen molar-refractivity contribution in [2.75, 3.05) is 39.3 Å². The molecule has 1 saturated heterocycles. The SMILES string of the molecule is O=C(Cc1ccc(-c2ccc(OCCN3CCNCC3)cc2F)nc1)NCc1cccc(F)c1. The number of halogens is 2. The summed E-state index contributed by atoms with van der Waals surface area (Å²) in [6, 6.07) is 14.3. The van der Waals surface area contributed by atoms with E-state index in [9.17, 15) is 13.6 Å². The summed E-state index contributed by atoms with van der Waals surface area (Å²) in [4.78, 5) is 18.8. The van der Waals surface area contributed by atoms with Crippen molar-refractivity contribution in [3.63, 3.8) is 0 Å². The van der Waals surface area contributed by atoms with Crippen LogP contribution in [-0.2, 0) is 17.8 Å². The Bertz CT molecular complexity index is 1100. The zero-order valence-corrected chi connectivity index (χ0v) is 18.9. The van der Waals surface area contributed by atoms with E-state index in [2.05, 4.69) is 20.5 Å². The molecule has 1 aliphatic rings. The molecule has 1 aromatic heterocycles. The molecule has 0 unspecified atom stereocenters. The molecule has 0 saturated carbocycles. The highest BCUT2D eigenvalue weighted by molar-refractivity contribution is 5.78. The molecule has 8 heteroatoms. The van der Waals surface area contributed by atoms with Crippen LogP contribution in [0.2, 0.25) is 0 Å².